The van der Waals surface area contributed by atoms with Gasteiger partial charge in [-0.25, -0.2) is 0 Å². The van der Waals surface area contributed by atoms with Gasteiger partial charge < -0.3 is 5.32 Å². The van der Waals surface area contributed by atoms with Crippen LogP contribution in [-0.2, 0) is 9.59 Å². The molecule has 4 amide bonds. The second-order valence-corrected chi connectivity index (χ2v) is 6.01. The summed E-state index contributed by atoms with van der Waals surface area (Å²) in [5.74, 6) is -1.97. The van der Waals surface area contributed by atoms with Gasteiger partial charge in [0.2, 0.25) is 11.8 Å². The smallest absolute Gasteiger partial charge is 0.262 e. The summed E-state index contributed by atoms with van der Waals surface area (Å²) in [5, 5.41) is 5.35. The molecule has 0 aliphatic carbocycles. The van der Waals surface area contributed by atoms with Crippen LogP contribution in [0, 0.1) is 0 Å². The minimum atomic E-state index is -0.929. The van der Waals surface area contributed by atoms with Gasteiger partial charge in [-0.05, 0) is 38.5 Å². The van der Waals surface area contributed by atoms with Gasteiger partial charge in [0, 0.05) is 18.2 Å². The molecule has 1 saturated heterocycles. The van der Waals surface area contributed by atoms with Crippen LogP contribution >= 0.6 is 0 Å². The van der Waals surface area contributed by atoms with E-state index in [-0.39, 0.29) is 35.9 Å². The van der Waals surface area contributed by atoms with E-state index in [4.69, 9.17) is 0 Å². The van der Waals surface area contributed by atoms with Crippen molar-refractivity contribution in [2.75, 3.05) is 5.32 Å². The number of hydrogen-bond donors (Lipinski definition) is 2. The van der Waals surface area contributed by atoms with E-state index < -0.39 is 23.8 Å². The van der Waals surface area contributed by atoms with Gasteiger partial charge in [-0.3, -0.25) is 29.4 Å². The first-order valence-corrected chi connectivity index (χ1v) is 7.50. The fraction of sp³-hybridized carbons (Fsp3) is 0.375. The highest BCUT2D eigenvalue weighted by molar-refractivity contribution is 6.23. The van der Waals surface area contributed by atoms with E-state index in [0.29, 0.717) is 0 Å². The summed E-state index contributed by atoms with van der Waals surface area (Å²) in [5.41, 5.74) is 1.31. The zero-order chi connectivity index (χ0) is 16.7. The second kappa shape index (κ2) is 5.49. The number of imide groups is 2. The molecule has 7 heteroatoms. The second-order valence-electron chi connectivity index (χ2n) is 6.01. The lowest BCUT2D eigenvalue weighted by Crippen LogP contribution is -2.54. The Labute approximate surface area is 133 Å². The normalized spacial score (nSPS) is 20.8. The van der Waals surface area contributed by atoms with Gasteiger partial charge in [0.1, 0.15) is 6.04 Å². The Morgan fingerprint density at radius 3 is 2.48 bits per heavy atom. The average molecular weight is 315 g/mol. The summed E-state index contributed by atoms with van der Waals surface area (Å²) in [4.78, 5) is 49.2. The minimum absolute atomic E-state index is 0.115. The zero-order valence-electron chi connectivity index (χ0n) is 12.9. The van der Waals surface area contributed by atoms with Crippen LogP contribution in [0.1, 0.15) is 47.4 Å². The molecule has 0 aromatic heterocycles. The first-order valence-electron chi connectivity index (χ1n) is 7.50. The summed E-state index contributed by atoms with van der Waals surface area (Å²) in [6.45, 7) is 3.94. The molecule has 1 unspecified atom stereocenters. The SMILES string of the molecule is CC(C)Nc1ccc2c(c1)C(=O)N(C1CCC(=O)NC1=O)C2=O. The fourth-order valence-corrected chi connectivity index (χ4v) is 2.89. The zero-order valence-corrected chi connectivity index (χ0v) is 12.9. The standard InChI is InChI=1S/C16H17N3O4/c1-8(2)17-9-3-4-10-11(7-9)16(23)19(15(10)22)12-5-6-13(20)18-14(12)21/h3-4,7-8,12,17H,5-6H2,1-2H3,(H,18,20,21). The van der Waals surface area contributed by atoms with Crippen LogP contribution < -0.4 is 10.6 Å². The lowest BCUT2D eigenvalue weighted by Gasteiger charge is -2.27. The number of carbonyl (C=O) groups excluding carboxylic acids is 4. The third-order valence-corrected chi connectivity index (χ3v) is 3.90. The van der Waals surface area contributed by atoms with Crippen LogP contribution in [0.2, 0.25) is 0 Å². The van der Waals surface area contributed by atoms with Crippen LogP contribution in [-0.4, -0.2) is 40.6 Å². The van der Waals surface area contributed by atoms with E-state index in [1.54, 1.807) is 18.2 Å². The molecule has 3 rings (SSSR count). The topological polar surface area (TPSA) is 95.6 Å². The molecule has 2 aliphatic rings. The molecule has 2 aliphatic heterocycles. The van der Waals surface area contributed by atoms with Crippen molar-refractivity contribution in [2.24, 2.45) is 0 Å². The maximum atomic E-state index is 12.6. The number of amides is 4. The molecule has 1 aromatic carbocycles. The van der Waals surface area contributed by atoms with Crippen molar-refractivity contribution < 1.29 is 19.2 Å². The van der Waals surface area contributed by atoms with Crippen molar-refractivity contribution in [3.63, 3.8) is 0 Å². The summed E-state index contributed by atoms with van der Waals surface area (Å²) in [7, 11) is 0. The molecule has 1 aromatic rings. The van der Waals surface area contributed by atoms with E-state index in [0.717, 1.165) is 10.6 Å². The van der Waals surface area contributed by atoms with Crippen molar-refractivity contribution in [1.82, 2.24) is 10.2 Å². The summed E-state index contributed by atoms with van der Waals surface area (Å²) in [6.07, 6.45) is 0.275. The van der Waals surface area contributed by atoms with Crippen molar-refractivity contribution in [3.05, 3.63) is 29.3 Å². The average Bonchev–Trinajstić information content (AvgIpc) is 2.71. The van der Waals surface area contributed by atoms with E-state index in [9.17, 15) is 19.2 Å². The molecule has 7 nitrogen and oxygen atoms in total. The predicted molar refractivity (Wildman–Crippen MR) is 81.9 cm³/mol. The largest absolute Gasteiger partial charge is 0.383 e. The van der Waals surface area contributed by atoms with E-state index in [1.807, 2.05) is 13.8 Å². The Morgan fingerprint density at radius 1 is 1.13 bits per heavy atom. The highest BCUT2D eigenvalue weighted by Crippen LogP contribution is 2.29. The number of nitrogens with one attached hydrogen (secondary N) is 2. The third-order valence-electron chi connectivity index (χ3n) is 3.90. The highest BCUT2D eigenvalue weighted by atomic mass is 16.2. The molecule has 0 spiro atoms. The molecule has 2 heterocycles. The number of fused-ring (bicyclic) bond motifs is 1. The van der Waals surface area contributed by atoms with Crippen molar-refractivity contribution in [2.45, 2.75) is 38.8 Å². The summed E-state index contributed by atoms with van der Waals surface area (Å²) >= 11 is 0. The Bertz CT molecular complexity index is 726. The van der Waals surface area contributed by atoms with Gasteiger partial charge in [-0.15, -0.1) is 0 Å². The Morgan fingerprint density at radius 2 is 1.83 bits per heavy atom. The number of piperidine rings is 1. The van der Waals surface area contributed by atoms with E-state index in [1.165, 1.54) is 0 Å². The van der Waals surface area contributed by atoms with Crippen LogP contribution in [0.25, 0.3) is 0 Å². The summed E-state index contributed by atoms with van der Waals surface area (Å²) in [6, 6.07) is 4.21. The lowest BCUT2D eigenvalue weighted by molar-refractivity contribution is -0.136. The van der Waals surface area contributed by atoms with Crippen LogP contribution in [0.15, 0.2) is 18.2 Å². The number of anilines is 1. The molecule has 0 radical (unpaired) electrons. The summed E-state index contributed by atoms with van der Waals surface area (Å²) < 4.78 is 0. The number of carbonyl (C=O) groups is 4. The third kappa shape index (κ3) is 2.58. The molecule has 0 bridgehead atoms. The van der Waals surface area contributed by atoms with E-state index >= 15 is 0 Å². The maximum Gasteiger partial charge on any atom is 0.262 e. The van der Waals surface area contributed by atoms with Gasteiger partial charge >= 0.3 is 0 Å². The van der Waals surface area contributed by atoms with Gasteiger partial charge in [0.05, 0.1) is 11.1 Å². The van der Waals surface area contributed by atoms with E-state index in [2.05, 4.69) is 10.6 Å². The Balaban J connectivity index is 1.91. The van der Waals surface area contributed by atoms with Crippen LogP contribution in [0.4, 0.5) is 5.69 Å². The van der Waals surface area contributed by atoms with Crippen molar-refractivity contribution in [3.8, 4) is 0 Å². The van der Waals surface area contributed by atoms with Crippen LogP contribution in [0.5, 0.6) is 0 Å². The quantitative estimate of drug-likeness (QED) is 0.808. The monoisotopic (exact) mass is 315 g/mol. The molecular weight excluding hydrogens is 298 g/mol. The molecular formula is C16H17N3O4. The van der Waals surface area contributed by atoms with Crippen LogP contribution in [0.3, 0.4) is 0 Å². The maximum absolute atomic E-state index is 12.6. The fourth-order valence-electron chi connectivity index (χ4n) is 2.89. The number of hydrogen-bond acceptors (Lipinski definition) is 5. The van der Waals surface area contributed by atoms with Crippen molar-refractivity contribution >= 4 is 29.3 Å². The molecule has 1 fully saturated rings. The molecule has 120 valence electrons. The Kier molecular flexibility index (Phi) is 3.63. The number of nitrogens with zero attached hydrogens (tertiary/aromatic N) is 1. The molecule has 23 heavy (non-hydrogen) atoms. The van der Waals surface area contributed by atoms with Gasteiger partial charge in [-0.1, -0.05) is 0 Å². The lowest BCUT2D eigenvalue weighted by atomic mass is 10.0. The van der Waals surface area contributed by atoms with Gasteiger partial charge in [0.15, 0.2) is 0 Å². The van der Waals surface area contributed by atoms with Crippen molar-refractivity contribution in [1.29, 1.82) is 0 Å². The highest BCUT2D eigenvalue weighted by Gasteiger charge is 2.44. The molecule has 2 N–H and O–H groups in total. The predicted octanol–water partition coefficient (Wildman–Crippen LogP) is 0.908. The van der Waals surface area contributed by atoms with Gasteiger partial charge in [-0.2, -0.15) is 0 Å². The number of rotatable bonds is 3. The first kappa shape index (κ1) is 15.2. The molecule has 0 saturated carbocycles. The Hall–Kier alpha value is -2.70. The number of benzene rings is 1. The molecule has 1 atom stereocenters. The first-order chi connectivity index (χ1) is 10.9. The minimum Gasteiger partial charge on any atom is -0.383 e. The van der Waals surface area contributed by atoms with Gasteiger partial charge in [0.25, 0.3) is 11.8 Å².